The highest BCUT2D eigenvalue weighted by molar-refractivity contribution is 5.12. The molecule has 1 atom stereocenters. The molecular weight excluding hydrogens is 226 g/mol. The average Bonchev–Trinajstić information content (AvgIpc) is 2.86. The number of aromatic nitrogens is 3. The molecule has 0 saturated heterocycles. The first-order chi connectivity index (χ1) is 8.79. The molecule has 0 spiro atoms. The molecule has 0 aliphatic rings. The largest absolute Gasteiger partial charge is 0.388 e. The highest BCUT2D eigenvalue weighted by atomic mass is 16.3. The highest BCUT2D eigenvalue weighted by Gasteiger charge is 2.10. The standard InChI is InChI=1S/C14H19N3O/c1-2-9-17-11-13(10-16-17)14(18)4-3-12-5-7-15-8-6-12/h5-8,10-11,14,18H,2-4,9H2,1H3. The lowest BCUT2D eigenvalue weighted by Gasteiger charge is -2.07. The van der Waals surface area contributed by atoms with Crippen LogP contribution in [0.15, 0.2) is 36.9 Å². The van der Waals surface area contributed by atoms with Crippen molar-refractivity contribution in [2.75, 3.05) is 0 Å². The zero-order valence-electron chi connectivity index (χ0n) is 10.7. The van der Waals surface area contributed by atoms with Gasteiger partial charge in [0, 0.05) is 30.7 Å². The van der Waals surface area contributed by atoms with Gasteiger partial charge in [0.2, 0.25) is 0 Å². The molecule has 0 aliphatic carbocycles. The van der Waals surface area contributed by atoms with Gasteiger partial charge in [0.25, 0.3) is 0 Å². The van der Waals surface area contributed by atoms with E-state index in [1.807, 2.05) is 23.0 Å². The topological polar surface area (TPSA) is 50.9 Å². The molecule has 1 N–H and O–H groups in total. The van der Waals surface area contributed by atoms with Gasteiger partial charge in [0.15, 0.2) is 0 Å². The van der Waals surface area contributed by atoms with Crippen LogP contribution in [0.4, 0.5) is 0 Å². The number of pyridine rings is 1. The molecule has 0 aliphatic heterocycles. The van der Waals surface area contributed by atoms with Crippen molar-refractivity contribution in [3.63, 3.8) is 0 Å². The van der Waals surface area contributed by atoms with Crippen molar-refractivity contribution in [1.29, 1.82) is 0 Å². The van der Waals surface area contributed by atoms with Crippen LogP contribution in [0.3, 0.4) is 0 Å². The lowest BCUT2D eigenvalue weighted by molar-refractivity contribution is 0.167. The summed E-state index contributed by atoms with van der Waals surface area (Å²) >= 11 is 0. The summed E-state index contributed by atoms with van der Waals surface area (Å²) in [5, 5.41) is 14.3. The maximum atomic E-state index is 10.1. The van der Waals surface area contributed by atoms with Gasteiger partial charge in [-0.15, -0.1) is 0 Å². The van der Waals surface area contributed by atoms with E-state index in [2.05, 4.69) is 17.0 Å². The van der Waals surface area contributed by atoms with Gasteiger partial charge in [-0.05, 0) is 37.0 Å². The van der Waals surface area contributed by atoms with Gasteiger partial charge >= 0.3 is 0 Å². The second kappa shape index (κ2) is 6.31. The van der Waals surface area contributed by atoms with Crippen molar-refractivity contribution in [2.24, 2.45) is 0 Å². The fourth-order valence-electron chi connectivity index (χ4n) is 1.92. The van der Waals surface area contributed by atoms with Crippen LogP contribution in [-0.2, 0) is 13.0 Å². The molecule has 1 unspecified atom stereocenters. The van der Waals surface area contributed by atoms with E-state index in [9.17, 15) is 5.11 Å². The molecule has 0 amide bonds. The normalized spacial score (nSPS) is 12.6. The van der Waals surface area contributed by atoms with Gasteiger partial charge in [-0.2, -0.15) is 5.10 Å². The highest BCUT2D eigenvalue weighted by Crippen LogP contribution is 2.18. The molecule has 96 valence electrons. The Balaban J connectivity index is 1.89. The Labute approximate surface area is 107 Å². The van der Waals surface area contributed by atoms with Gasteiger partial charge in [0.05, 0.1) is 12.3 Å². The van der Waals surface area contributed by atoms with Crippen molar-refractivity contribution in [3.8, 4) is 0 Å². The molecule has 2 rings (SSSR count). The van der Waals surface area contributed by atoms with Crippen molar-refractivity contribution < 1.29 is 5.11 Å². The van der Waals surface area contributed by atoms with Crippen molar-refractivity contribution >= 4 is 0 Å². The molecule has 0 bridgehead atoms. The minimum absolute atomic E-state index is 0.441. The Hall–Kier alpha value is -1.68. The Morgan fingerprint density at radius 2 is 2.11 bits per heavy atom. The molecule has 18 heavy (non-hydrogen) atoms. The third-order valence-corrected chi connectivity index (χ3v) is 2.95. The van der Waals surface area contributed by atoms with E-state index in [-0.39, 0.29) is 0 Å². The lowest BCUT2D eigenvalue weighted by Crippen LogP contribution is -1.99. The van der Waals surface area contributed by atoms with Crippen molar-refractivity contribution in [3.05, 3.63) is 48.0 Å². The Morgan fingerprint density at radius 1 is 1.33 bits per heavy atom. The van der Waals surface area contributed by atoms with Crippen LogP contribution in [0.2, 0.25) is 0 Å². The molecule has 0 fully saturated rings. The number of aliphatic hydroxyl groups is 1. The first-order valence-electron chi connectivity index (χ1n) is 6.39. The summed E-state index contributed by atoms with van der Waals surface area (Å²) in [4.78, 5) is 3.98. The van der Waals surface area contributed by atoms with Gasteiger partial charge in [-0.3, -0.25) is 9.67 Å². The van der Waals surface area contributed by atoms with Gasteiger partial charge in [-0.25, -0.2) is 0 Å². The number of hydrogen-bond donors (Lipinski definition) is 1. The zero-order chi connectivity index (χ0) is 12.8. The molecule has 0 aromatic carbocycles. The van der Waals surface area contributed by atoms with Crippen LogP contribution >= 0.6 is 0 Å². The summed E-state index contributed by atoms with van der Waals surface area (Å²) in [6, 6.07) is 3.96. The average molecular weight is 245 g/mol. The summed E-state index contributed by atoms with van der Waals surface area (Å²) in [7, 11) is 0. The quantitative estimate of drug-likeness (QED) is 0.850. The number of aryl methyl sites for hydroxylation is 2. The first kappa shape index (κ1) is 12.8. The smallest absolute Gasteiger partial charge is 0.0823 e. The zero-order valence-corrected chi connectivity index (χ0v) is 10.7. The number of nitrogens with zero attached hydrogens (tertiary/aromatic N) is 3. The summed E-state index contributed by atoms with van der Waals surface area (Å²) < 4.78 is 1.88. The maximum Gasteiger partial charge on any atom is 0.0823 e. The Morgan fingerprint density at radius 3 is 2.83 bits per heavy atom. The van der Waals surface area contributed by atoms with E-state index >= 15 is 0 Å². The fraction of sp³-hybridized carbons (Fsp3) is 0.429. The molecule has 2 aromatic heterocycles. The molecule has 4 heteroatoms. The van der Waals surface area contributed by atoms with Crippen LogP contribution in [-0.4, -0.2) is 19.9 Å². The van der Waals surface area contributed by atoms with Crippen LogP contribution in [0, 0.1) is 0 Å². The number of rotatable bonds is 6. The molecule has 2 aromatic rings. The second-order valence-electron chi connectivity index (χ2n) is 4.45. The summed E-state index contributed by atoms with van der Waals surface area (Å²) in [5.41, 5.74) is 2.10. The minimum Gasteiger partial charge on any atom is -0.388 e. The minimum atomic E-state index is -0.441. The first-order valence-corrected chi connectivity index (χ1v) is 6.39. The molecule has 2 heterocycles. The predicted molar refractivity (Wildman–Crippen MR) is 70.0 cm³/mol. The summed E-state index contributed by atoms with van der Waals surface area (Å²) in [6.45, 7) is 3.01. The monoisotopic (exact) mass is 245 g/mol. The van der Waals surface area contributed by atoms with Crippen LogP contribution in [0.25, 0.3) is 0 Å². The van der Waals surface area contributed by atoms with E-state index in [1.54, 1.807) is 18.6 Å². The third-order valence-electron chi connectivity index (χ3n) is 2.95. The van der Waals surface area contributed by atoms with Gasteiger partial charge < -0.3 is 5.11 Å². The predicted octanol–water partition coefficient (Wildman–Crippen LogP) is 2.35. The molecule has 0 radical (unpaired) electrons. The van der Waals surface area contributed by atoms with Crippen molar-refractivity contribution in [2.45, 2.75) is 38.8 Å². The van der Waals surface area contributed by atoms with Crippen LogP contribution in [0.5, 0.6) is 0 Å². The third kappa shape index (κ3) is 3.40. The van der Waals surface area contributed by atoms with Crippen LogP contribution < -0.4 is 0 Å². The van der Waals surface area contributed by atoms with Gasteiger partial charge in [0.1, 0.15) is 0 Å². The second-order valence-corrected chi connectivity index (χ2v) is 4.45. The van der Waals surface area contributed by atoms with Crippen LogP contribution in [0.1, 0.15) is 37.0 Å². The van der Waals surface area contributed by atoms with E-state index in [4.69, 9.17) is 0 Å². The SMILES string of the molecule is CCCn1cc(C(O)CCc2ccncc2)cn1. The van der Waals surface area contributed by atoms with E-state index in [1.165, 1.54) is 5.56 Å². The number of aliphatic hydroxyl groups excluding tert-OH is 1. The molecule has 4 nitrogen and oxygen atoms in total. The molecule has 0 saturated carbocycles. The fourth-order valence-corrected chi connectivity index (χ4v) is 1.92. The summed E-state index contributed by atoms with van der Waals surface area (Å²) in [5.74, 6) is 0. The maximum absolute atomic E-state index is 10.1. The van der Waals surface area contributed by atoms with E-state index in [0.717, 1.165) is 24.9 Å². The number of hydrogen-bond acceptors (Lipinski definition) is 3. The molecular formula is C14H19N3O. The van der Waals surface area contributed by atoms with E-state index < -0.39 is 6.10 Å². The lowest BCUT2D eigenvalue weighted by atomic mass is 10.0. The van der Waals surface area contributed by atoms with Crippen molar-refractivity contribution in [1.82, 2.24) is 14.8 Å². The Kier molecular flexibility index (Phi) is 4.47. The van der Waals surface area contributed by atoms with E-state index in [0.29, 0.717) is 6.42 Å². The summed E-state index contributed by atoms with van der Waals surface area (Å²) in [6.07, 6.45) is 9.41. The van der Waals surface area contributed by atoms with Gasteiger partial charge in [-0.1, -0.05) is 6.92 Å². The Bertz CT molecular complexity index is 467.